The third-order valence-corrected chi connectivity index (χ3v) is 4.39. The highest BCUT2D eigenvalue weighted by Gasteiger charge is 2.36. The van der Waals surface area contributed by atoms with Crippen LogP contribution < -0.4 is 5.73 Å². The van der Waals surface area contributed by atoms with Crippen molar-refractivity contribution in [3.8, 4) is 0 Å². The fourth-order valence-electron chi connectivity index (χ4n) is 2.70. The molecule has 0 spiro atoms. The van der Waals surface area contributed by atoms with Crippen molar-refractivity contribution in [2.75, 3.05) is 32.5 Å². The molecule has 1 aliphatic heterocycles. The van der Waals surface area contributed by atoms with Gasteiger partial charge in [0.1, 0.15) is 17.5 Å². The van der Waals surface area contributed by atoms with E-state index < -0.39 is 23.7 Å². The van der Waals surface area contributed by atoms with Gasteiger partial charge in [-0.1, -0.05) is 0 Å². The highest BCUT2D eigenvalue weighted by molar-refractivity contribution is 9.10. The molecule has 1 unspecified atom stereocenters. The van der Waals surface area contributed by atoms with E-state index in [1.165, 1.54) is 12.0 Å². The van der Waals surface area contributed by atoms with E-state index in [1.54, 1.807) is 6.20 Å². The van der Waals surface area contributed by atoms with Gasteiger partial charge in [0.05, 0.1) is 13.7 Å². The van der Waals surface area contributed by atoms with Crippen LogP contribution in [0.5, 0.6) is 0 Å². The molecule has 144 valence electrons. The van der Waals surface area contributed by atoms with Crippen LogP contribution in [0, 0.1) is 0 Å². The molecule has 2 N–H and O–H groups in total. The molecule has 1 aromatic heterocycles. The van der Waals surface area contributed by atoms with Crippen LogP contribution >= 0.6 is 15.9 Å². The lowest BCUT2D eigenvalue weighted by Crippen LogP contribution is -2.58. The maximum atomic E-state index is 12.3. The number of nitrogens with two attached hydrogens (primary N) is 1. The number of hydrogen-bond acceptors (Lipinski definition) is 7. The van der Waals surface area contributed by atoms with E-state index in [-0.39, 0.29) is 6.54 Å². The molecule has 2 rings (SSSR count). The Morgan fingerprint density at radius 3 is 2.69 bits per heavy atom. The number of aromatic nitrogens is 1. The number of esters is 1. The number of carbonyl (C=O) groups is 2. The number of piperazine rings is 1. The SMILES string of the molecule is COC(=O)C1CN(C(=O)OC(C)(C)C)CCN1Cc1cc(Br)cnc1N. The maximum Gasteiger partial charge on any atom is 0.410 e. The minimum Gasteiger partial charge on any atom is -0.468 e. The van der Waals surface area contributed by atoms with Crippen molar-refractivity contribution in [3.05, 3.63) is 22.3 Å². The molecule has 26 heavy (non-hydrogen) atoms. The molecule has 0 aliphatic carbocycles. The molecule has 0 aromatic carbocycles. The number of pyridine rings is 1. The second-order valence-electron chi connectivity index (χ2n) is 7.13. The summed E-state index contributed by atoms with van der Waals surface area (Å²) >= 11 is 3.38. The van der Waals surface area contributed by atoms with E-state index >= 15 is 0 Å². The maximum absolute atomic E-state index is 12.3. The predicted octanol–water partition coefficient (Wildman–Crippen LogP) is 2.02. The minimum atomic E-state index is -0.598. The zero-order chi connectivity index (χ0) is 19.5. The topological polar surface area (TPSA) is 98.0 Å². The smallest absolute Gasteiger partial charge is 0.410 e. The van der Waals surface area contributed by atoms with Crippen LogP contribution in [0.2, 0.25) is 0 Å². The highest BCUT2D eigenvalue weighted by atomic mass is 79.9. The number of halogens is 1. The summed E-state index contributed by atoms with van der Waals surface area (Å²) in [5.41, 5.74) is 6.16. The second kappa shape index (κ2) is 8.22. The third-order valence-electron chi connectivity index (χ3n) is 3.96. The van der Waals surface area contributed by atoms with Crippen LogP contribution in [0.15, 0.2) is 16.7 Å². The summed E-state index contributed by atoms with van der Waals surface area (Å²) in [4.78, 5) is 32.2. The summed E-state index contributed by atoms with van der Waals surface area (Å²) in [5.74, 6) is 0.00572. The molecule has 1 atom stereocenters. The van der Waals surface area contributed by atoms with Crippen molar-refractivity contribution < 1.29 is 19.1 Å². The average Bonchev–Trinajstić information content (AvgIpc) is 2.56. The quantitative estimate of drug-likeness (QED) is 0.735. The Labute approximate surface area is 161 Å². The van der Waals surface area contributed by atoms with Gasteiger partial charge >= 0.3 is 12.1 Å². The van der Waals surface area contributed by atoms with Crippen molar-refractivity contribution in [1.82, 2.24) is 14.8 Å². The average molecular weight is 429 g/mol. The van der Waals surface area contributed by atoms with Crippen LogP contribution in [-0.2, 0) is 20.8 Å². The normalized spacial score (nSPS) is 18.5. The summed E-state index contributed by atoms with van der Waals surface area (Å²) in [6.45, 7) is 6.99. The zero-order valence-electron chi connectivity index (χ0n) is 15.5. The third kappa shape index (κ3) is 5.31. The number of amides is 1. The minimum absolute atomic E-state index is 0.197. The van der Waals surface area contributed by atoms with Gasteiger partial charge in [0.2, 0.25) is 0 Å². The second-order valence-corrected chi connectivity index (χ2v) is 8.05. The summed E-state index contributed by atoms with van der Waals surface area (Å²) in [6, 6.07) is 1.27. The molecular weight excluding hydrogens is 404 g/mol. The van der Waals surface area contributed by atoms with Gasteiger partial charge < -0.3 is 20.1 Å². The fourth-order valence-corrected chi connectivity index (χ4v) is 3.08. The Kier molecular flexibility index (Phi) is 6.46. The molecule has 1 amide bonds. The number of methoxy groups -OCH3 is 1. The van der Waals surface area contributed by atoms with Gasteiger partial charge in [0.15, 0.2) is 0 Å². The molecule has 1 aliphatic rings. The molecule has 1 fully saturated rings. The Bertz CT molecular complexity index is 677. The van der Waals surface area contributed by atoms with Crippen LogP contribution in [0.4, 0.5) is 10.6 Å². The number of anilines is 1. The van der Waals surface area contributed by atoms with Crippen LogP contribution in [0.3, 0.4) is 0 Å². The van der Waals surface area contributed by atoms with Crippen LogP contribution in [-0.4, -0.2) is 65.2 Å². The first-order valence-corrected chi connectivity index (χ1v) is 9.09. The first-order valence-electron chi connectivity index (χ1n) is 8.30. The largest absolute Gasteiger partial charge is 0.468 e. The van der Waals surface area contributed by atoms with Crippen molar-refractivity contribution in [2.45, 2.75) is 39.0 Å². The summed E-state index contributed by atoms with van der Waals surface area (Å²) in [7, 11) is 1.34. The van der Waals surface area contributed by atoms with Crippen molar-refractivity contribution >= 4 is 33.8 Å². The van der Waals surface area contributed by atoms with Gasteiger partial charge in [-0.2, -0.15) is 0 Å². The number of hydrogen-bond donors (Lipinski definition) is 1. The summed E-state index contributed by atoms with van der Waals surface area (Å²) in [5, 5.41) is 0. The molecule has 1 aromatic rings. The number of ether oxygens (including phenoxy) is 2. The van der Waals surface area contributed by atoms with Gasteiger partial charge in [-0.15, -0.1) is 0 Å². The molecule has 0 saturated carbocycles. The van der Waals surface area contributed by atoms with Crippen LogP contribution in [0.25, 0.3) is 0 Å². The van der Waals surface area contributed by atoms with Gasteiger partial charge in [0.25, 0.3) is 0 Å². The summed E-state index contributed by atoms with van der Waals surface area (Å²) in [6.07, 6.45) is 1.19. The zero-order valence-corrected chi connectivity index (χ0v) is 17.1. The number of rotatable bonds is 3. The molecule has 8 nitrogen and oxygen atoms in total. The van der Waals surface area contributed by atoms with E-state index in [0.717, 1.165) is 10.0 Å². The Balaban J connectivity index is 2.14. The highest BCUT2D eigenvalue weighted by Crippen LogP contribution is 2.22. The molecule has 2 heterocycles. The van der Waals surface area contributed by atoms with E-state index in [0.29, 0.717) is 25.5 Å². The first-order chi connectivity index (χ1) is 12.1. The fraction of sp³-hybridized carbons (Fsp3) is 0.588. The van der Waals surface area contributed by atoms with E-state index in [9.17, 15) is 9.59 Å². The lowest BCUT2D eigenvalue weighted by atomic mass is 10.1. The lowest BCUT2D eigenvalue weighted by Gasteiger charge is -2.40. The Morgan fingerprint density at radius 1 is 1.38 bits per heavy atom. The number of carbonyl (C=O) groups excluding carboxylic acids is 2. The standard InChI is InChI=1S/C17H25BrN4O4/c1-17(2,3)26-16(24)22-6-5-21(13(10-22)15(23)25-4)9-11-7-12(18)8-20-14(11)19/h7-8,13H,5-6,9-10H2,1-4H3,(H2,19,20). The molecule has 9 heteroatoms. The van der Waals surface area contributed by atoms with Crippen molar-refractivity contribution in [3.63, 3.8) is 0 Å². The molecule has 0 radical (unpaired) electrons. The van der Waals surface area contributed by atoms with Gasteiger partial charge in [-0.3, -0.25) is 9.69 Å². The van der Waals surface area contributed by atoms with Gasteiger partial charge in [-0.05, 0) is 42.8 Å². The number of nitrogens with zero attached hydrogens (tertiary/aromatic N) is 3. The van der Waals surface area contributed by atoms with Crippen molar-refractivity contribution in [2.24, 2.45) is 0 Å². The van der Waals surface area contributed by atoms with Crippen LogP contribution in [0.1, 0.15) is 26.3 Å². The first kappa shape index (κ1) is 20.4. The molecule has 0 bridgehead atoms. The monoisotopic (exact) mass is 428 g/mol. The van der Waals surface area contributed by atoms with E-state index in [2.05, 4.69) is 20.9 Å². The van der Waals surface area contributed by atoms with Crippen molar-refractivity contribution in [1.29, 1.82) is 0 Å². The van der Waals surface area contributed by atoms with E-state index in [1.807, 2.05) is 31.7 Å². The molecule has 1 saturated heterocycles. The van der Waals surface area contributed by atoms with Gasteiger partial charge in [0, 0.05) is 35.9 Å². The molecular formula is C17H25BrN4O4. The van der Waals surface area contributed by atoms with Gasteiger partial charge in [-0.25, -0.2) is 9.78 Å². The summed E-state index contributed by atoms with van der Waals surface area (Å²) < 4.78 is 11.1. The Morgan fingerprint density at radius 2 is 2.08 bits per heavy atom. The Hall–Kier alpha value is -1.87. The lowest BCUT2D eigenvalue weighted by molar-refractivity contribution is -0.149. The predicted molar refractivity (Wildman–Crippen MR) is 100 cm³/mol. The van der Waals surface area contributed by atoms with E-state index in [4.69, 9.17) is 15.2 Å². The number of nitrogen functional groups attached to an aromatic ring is 1.